The van der Waals surface area contributed by atoms with Crippen molar-refractivity contribution in [2.45, 2.75) is 26.4 Å². The summed E-state index contributed by atoms with van der Waals surface area (Å²) in [6.45, 7) is 5.03. The van der Waals surface area contributed by atoms with Gasteiger partial charge in [0.1, 0.15) is 5.60 Å². The van der Waals surface area contributed by atoms with Crippen LogP contribution in [0.2, 0.25) is 0 Å². The van der Waals surface area contributed by atoms with Crippen LogP contribution in [-0.4, -0.2) is 27.1 Å². The first-order valence-corrected chi connectivity index (χ1v) is 5.78. The Kier molecular flexibility index (Phi) is 4.91. The molecule has 2 rings (SSSR count). The highest BCUT2D eigenvalue weighted by atomic mass is 16.7. The maximum atomic E-state index is 10.5. The number of para-hydroxylation sites is 1. The molecule has 0 saturated heterocycles. The fourth-order valence-corrected chi connectivity index (χ4v) is 1.30. The van der Waals surface area contributed by atoms with Crippen molar-refractivity contribution in [2.24, 2.45) is 5.84 Å². The number of carbonyl (C=O) groups excluding carboxylic acids is 1. The molecule has 4 N–H and O–H groups in total. The SMILES string of the molecule is CC(C)(C)OC(=O)N(N)O.c1ccc2[nH]ccc2c1. The van der Waals surface area contributed by atoms with E-state index in [9.17, 15) is 4.79 Å². The zero-order valence-corrected chi connectivity index (χ0v) is 11.3. The molecular formula is C13H19N3O3. The van der Waals surface area contributed by atoms with Gasteiger partial charge in [0.2, 0.25) is 0 Å². The molecule has 0 spiro atoms. The predicted molar refractivity (Wildman–Crippen MR) is 72.3 cm³/mol. The lowest BCUT2D eigenvalue weighted by molar-refractivity contribution is -0.0954. The van der Waals surface area contributed by atoms with Gasteiger partial charge in [-0.3, -0.25) is 5.21 Å². The number of benzene rings is 1. The summed E-state index contributed by atoms with van der Waals surface area (Å²) < 4.78 is 4.61. The molecule has 0 atom stereocenters. The highest BCUT2D eigenvalue weighted by molar-refractivity contribution is 5.78. The Labute approximate surface area is 111 Å². The summed E-state index contributed by atoms with van der Waals surface area (Å²) in [5.74, 6) is 4.66. The number of fused-ring (bicyclic) bond motifs is 1. The van der Waals surface area contributed by atoms with Gasteiger partial charge in [0.25, 0.3) is 0 Å². The molecule has 0 radical (unpaired) electrons. The number of rotatable bonds is 0. The van der Waals surface area contributed by atoms with Gasteiger partial charge in [-0.15, -0.1) is 5.17 Å². The monoisotopic (exact) mass is 265 g/mol. The second-order valence-corrected chi connectivity index (χ2v) is 4.89. The van der Waals surface area contributed by atoms with Crippen LogP contribution in [0.4, 0.5) is 4.79 Å². The molecule has 0 aliphatic heterocycles. The van der Waals surface area contributed by atoms with Crippen LogP contribution < -0.4 is 5.84 Å². The molecule has 19 heavy (non-hydrogen) atoms. The maximum Gasteiger partial charge on any atom is 0.449 e. The Balaban J connectivity index is 0.000000190. The first kappa shape index (κ1) is 15.0. The highest BCUT2D eigenvalue weighted by Crippen LogP contribution is 2.09. The van der Waals surface area contributed by atoms with Gasteiger partial charge in [-0.2, -0.15) is 0 Å². The molecule has 0 bridgehead atoms. The largest absolute Gasteiger partial charge is 0.449 e. The molecule has 0 aliphatic carbocycles. The van der Waals surface area contributed by atoms with E-state index in [1.54, 1.807) is 20.8 Å². The van der Waals surface area contributed by atoms with E-state index in [0.29, 0.717) is 0 Å². The topological polar surface area (TPSA) is 91.6 Å². The van der Waals surface area contributed by atoms with Crippen molar-refractivity contribution in [3.05, 3.63) is 36.5 Å². The molecule has 1 heterocycles. The van der Waals surface area contributed by atoms with Crippen LogP contribution >= 0.6 is 0 Å². The number of amides is 1. The van der Waals surface area contributed by atoms with Crippen LogP contribution in [0.1, 0.15) is 20.8 Å². The number of carbonyl (C=O) groups is 1. The molecule has 0 aliphatic rings. The third kappa shape index (κ3) is 5.41. The zero-order chi connectivity index (χ0) is 14.5. The Hall–Kier alpha value is -2.05. The lowest BCUT2D eigenvalue weighted by Crippen LogP contribution is -2.38. The first-order chi connectivity index (χ1) is 8.79. The highest BCUT2D eigenvalue weighted by Gasteiger charge is 2.18. The Bertz CT molecular complexity index is 499. The van der Waals surface area contributed by atoms with Gasteiger partial charge in [-0.05, 0) is 38.3 Å². The number of nitrogens with one attached hydrogen (secondary N) is 1. The molecule has 1 aromatic heterocycles. The van der Waals surface area contributed by atoms with Crippen molar-refractivity contribution in [3.63, 3.8) is 0 Å². The zero-order valence-electron chi connectivity index (χ0n) is 11.3. The molecule has 1 amide bonds. The number of aromatic amines is 1. The molecule has 6 nitrogen and oxygen atoms in total. The third-order valence-corrected chi connectivity index (χ3v) is 2.04. The van der Waals surface area contributed by atoms with Crippen LogP contribution in [0.25, 0.3) is 10.9 Å². The number of H-pyrrole nitrogens is 1. The fourth-order valence-electron chi connectivity index (χ4n) is 1.30. The van der Waals surface area contributed by atoms with Crippen LogP contribution in [0.3, 0.4) is 0 Å². The molecule has 1 aromatic carbocycles. The molecular weight excluding hydrogens is 246 g/mol. The Morgan fingerprint density at radius 2 is 1.95 bits per heavy atom. The predicted octanol–water partition coefficient (Wildman–Crippen LogP) is 2.65. The summed E-state index contributed by atoms with van der Waals surface area (Å²) in [6, 6.07) is 10.3. The quantitative estimate of drug-likeness (QED) is 0.295. The van der Waals surface area contributed by atoms with Crippen molar-refractivity contribution in [1.29, 1.82) is 0 Å². The van der Waals surface area contributed by atoms with E-state index < -0.39 is 11.7 Å². The van der Waals surface area contributed by atoms with Crippen molar-refractivity contribution in [3.8, 4) is 0 Å². The summed E-state index contributed by atoms with van der Waals surface area (Å²) in [5, 5.41) is 9.50. The Morgan fingerprint density at radius 1 is 1.32 bits per heavy atom. The molecule has 0 saturated carbocycles. The van der Waals surface area contributed by atoms with E-state index in [4.69, 9.17) is 5.21 Å². The van der Waals surface area contributed by atoms with Crippen molar-refractivity contribution >= 4 is 17.0 Å². The minimum Gasteiger partial charge on any atom is -0.441 e. The molecule has 104 valence electrons. The average molecular weight is 265 g/mol. The van der Waals surface area contributed by atoms with Crippen molar-refractivity contribution < 1.29 is 14.7 Å². The Morgan fingerprint density at radius 3 is 2.42 bits per heavy atom. The van der Waals surface area contributed by atoms with E-state index >= 15 is 0 Å². The van der Waals surface area contributed by atoms with Crippen molar-refractivity contribution in [2.75, 3.05) is 0 Å². The van der Waals surface area contributed by atoms with E-state index in [2.05, 4.69) is 33.8 Å². The normalized spacial score (nSPS) is 10.6. The number of hydroxylamine groups is 1. The molecule has 0 fully saturated rings. The van der Waals surface area contributed by atoms with Crippen molar-refractivity contribution in [1.82, 2.24) is 10.2 Å². The number of ether oxygens (including phenoxy) is 1. The van der Waals surface area contributed by atoms with Crippen LogP contribution in [0.15, 0.2) is 36.5 Å². The summed E-state index contributed by atoms with van der Waals surface area (Å²) in [4.78, 5) is 13.6. The van der Waals surface area contributed by atoms with Gasteiger partial charge in [-0.1, -0.05) is 18.2 Å². The van der Waals surface area contributed by atoms with Crippen LogP contribution in [0, 0.1) is 0 Å². The van der Waals surface area contributed by atoms with Gasteiger partial charge < -0.3 is 9.72 Å². The van der Waals surface area contributed by atoms with Gasteiger partial charge in [-0.25, -0.2) is 10.6 Å². The lowest BCUT2D eigenvalue weighted by atomic mass is 10.2. The van der Waals surface area contributed by atoms with Gasteiger partial charge >= 0.3 is 6.09 Å². The summed E-state index contributed by atoms with van der Waals surface area (Å²) >= 11 is 0. The molecule has 6 heteroatoms. The van der Waals surface area contributed by atoms with E-state index in [1.807, 2.05) is 18.3 Å². The minimum atomic E-state index is -0.965. The third-order valence-electron chi connectivity index (χ3n) is 2.04. The number of aromatic nitrogens is 1. The van der Waals surface area contributed by atoms with E-state index in [0.717, 1.165) is 0 Å². The molecule has 2 aromatic rings. The first-order valence-electron chi connectivity index (χ1n) is 5.78. The number of nitrogens with zero attached hydrogens (tertiary/aromatic N) is 1. The lowest BCUT2D eigenvalue weighted by Gasteiger charge is -2.20. The summed E-state index contributed by atoms with van der Waals surface area (Å²) in [6.07, 6.45) is 0.984. The number of hydrogen-bond donors (Lipinski definition) is 3. The average Bonchev–Trinajstić information content (AvgIpc) is 2.75. The fraction of sp³-hybridized carbons (Fsp3) is 0.308. The molecule has 0 unspecified atom stereocenters. The second kappa shape index (κ2) is 6.21. The smallest absolute Gasteiger partial charge is 0.441 e. The van der Waals surface area contributed by atoms with Crippen LogP contribution in [-0.2, 0) is 4.74 Å². The van der Waals surface area contributed by atoms with Gasteiger partial charge in [0.15, 0.2) is 0 Å². The second-order valence-electron chi connectivity index (χ2n) is 4.89. The number of nitrogens with two attached hydrogens (primary N) is 1. The summed E-state index contributed by atoms with van der Waals surface area (Å²) in [7, 11) is 0. The maximum absolute atomic E-state index is 10.5. The minimum absolute atomic E-state index is 0.0920. The van der Waals surface area contributed by atoms with Crippen LogP contribution in [0.5, 0.6) is 0 Å². The van der Waals surface area contributed by atoms with Gasteiger partial charge in [0.05, 0.1) is 0 Å². The van der Waals surface area contributed by atoms with E-state index in [1.165, 1.54) is 10.9 Å². The van der Waals surface area contributed by atoms with Gasteiger partial charge in [0, 0.05) is 11.7 Å². The standard InChI is InChI=1S/C8H7N.C5H12N2O3/c1-2-4-8-7(3-1)5-6-9-8;1-5(2,3)10-4(8)7(6)9/h1-6,9H;9H,6H2,1-3H3. The summed E-state index contributed by atoms with van der Waals surface area (Å²) in [5.41, 5.74) is 0.578. The van der Waals surface area contributed by atoms with E-state index in [-0.39, 0.29) is 5.17 Å². The number of hydrazine groups is 1. The number of hydrogen-bond acceptors (Lipinski definition) is 4.